The fourth-order valence-corrected chi connectivity index (χ4v) is 1.93. The van der Waals surface area contributed by atoms with Crippen LogP contribution in [0.25, 0.3) is 11.0 Å². The van der Waals surface area contributed by atoms with E-state index in [0.717, 1.165) is 22.3 Å². The molecule has 0 aromatic carbocycles. The summed E-state index contributed by atoms with van der Waals surface area (Å²) in [6.45, 7) is 4.13. The van der Waals surface area contributed by atoms with Crippen molar-refractivity contribution < 1.29 is 9.90 Å². The number of fused-ring (bicyclic) bond motifs is 1. The van der Waals surface area contributed by atoms with Crippen molar-refractivity contribution in [2.75, 3.05) is 0 Å². The lowest BCUT2D eigenvalue weighted by molar-refractivity contribution is -0.136. The second-order valence-electron chi connectivity index (χ2n) is 4.34. The van der Waals surface area contributed by atoms with Crippen molar-refractivity contribution in [1.82, 2.24) is 15.0 Å². The Morgan fingerprint density at radius 1 is 1.47 bits per heavy atom. The molecule has 0 amide bonds. The van der Waals surface area contributed by atoms with Crippen molar-refractivity contribution >= 4 is 17.0 Å². The van der Waals surface area contributed by atoms with Gasteiger partial charge in [0.15, 0.2) is 0 Å². The van der Waals surface area contributed by atoms with Crippen LogP contribution in [-0.4, -0.2) is 26.0 Å². The molecule has 0 atom stereocenters. The molecule has 0 bridgehead atoms. The van der Waals surface area contributed by atoms with Crippen LogP contribution in [0.4, 0.5) is 0 Å². The molecule has 0 spiro atoms. The molecule has 0 aliphatic carbocycles. The van der Waals surface area contributed by atoms with Crippen LogP contribution in [0.1, 0.15) is 37.4 Å². The number of aromatic nitrogens is 3. The van der Waals surface area contributed by atoms with Gasteiger partial charge in [0.25, 0.3) is 0 Å². The first-order chi connectivity index (χ1) is 8.09. The maximum atomic E-state index is 10.6. The molecule has 0 radical (unpaired) electrons. The molecule has 0 saturated heterocycles. The first-order valence-electron chi connectivity index (χ1n) is 5.62. The van der Waals surface area contributed by atoms with Gasteiger partial charge in [0, 0.05) is 18.0 Å². The third-order valence-corrected chi connectivity index (χ3v) is 2.74. The van der Waals surface area contributed by atoms with Crippen LogP contribution < -0.4 is 0 Å². The predicted molar refractivity (Wildman–Crippen MR) is 63.9 cm³/mol. The minimum absolute atomic E-state index is 0.124. The molecule has 0 aliphatic rings. The summed E-state index contributed by atoms with van der Waals surface area (Å²) in [5, 5.41) is 9.70. The van der Waals surface area contributed by atoms with Crippen LogP contribution in [0.15, 0.2) is 12.5 Å². The molecule has 2 rings (SSSR count). The highest BCUT2D eigenvalue weighted by molar-refractivity contribution is 5.83. The SMILES string of the molecule is CC(C)c1ncnc2[nH]cc(CCC(=O)O)c12. The minimum atomic E-state index is -0.790. The van der Waals surface area contributed by atoms with Gasteiger partial charge in [-0.25, -0.2) is 9.97 Å². The van der Waals surface area contributed by atoms with E-state index in [0.29, 0.717) is 12.3 Å². The van der Waals surface area contributed by atoms with E-state index in [2.05, 4.69) is 28.8 Å². The van der Waals surface area contributed by atoms with E-state index in [1.54, 1.807) is 0 Å². The first-order valence-corrected chi connectivity index (χ1v) is 5.62. The fraction of sp³-hybridized carbons (Fsp3) is 0.417. The topological polar surface area (TPSA) is 78.9 Å². The van der Waals surface area contributed by atoms with Gasteiger partial charge in [-0.3, -0.25) is 4.79 Å². The Morgan fingerprint density at radius 2 is 2.24 bits per heavy atom. The number of H-pyrrole nitrogens is 1. The standard InChI is InChI=1S/C12H15N3O2/c1-7(2)11-10-8(3-4-9(16)17)5-13-12(10)15-6-14-11/h5-7H,3-4H2,1-2H3,(H,16,17)(H,13,14,15). The Hall–Kier alpha value is -1.91. The lowest BCUT2D eigenvalue weighted by Crippen LogP contribution is -1.99. The molecule has 17 heavy (non-hydrogen) atoms. The fourth-order valence-electron chi connectivity index (χ4n) is 1.93. The molecule has 2 heterocycles. The van der Waals surface area contributed by atoms with Crippen molar-refractivity contribution in [3.63, 3.8) is 0 Å². The summed E-state index contributed by atoms with van der Waals surface area (Å²) < 4.78 is 0. The van der Waals surface area contributed by atoms with E-state index in [4.69, 9.17) is 5.11 Å². The highest BCUT2D eigenvalue weighted by Gasteiger charge is 2.13. The van der Waals surface area contributed by atoms with E-state index in [9.17, 15) is 4.79 Å². The summed E-state index contributed by atoms with van der Waals surface area (Å²) in [5.41, 5.74) is 2.73. The lowest BCUT2D eigenvalue weighted by Gasteiger charge is -2.06. The van der Waals surface area contributed by atoms with Crippen molar-refractivity contribution in [3.05, 3.63) is 23.8 Å². The van der Waals surface area contributed by atoms with Crippen molar-refractivity contribution in [1.29, 1.82) is 0 Å². The number of carboxylic acids is 1. The average molecular weight is 233 g/mol. The second-order valence-corrected chi connectivity index (χ2v) is 4.34. The number of carbonyl (C=O) groups is 1. The van der Waals surface area contributed by atoms with Crippen LogP contribution in [0.5, 0.6) is 0 Å². The van der Waals surface area contributed by atoms with Gasteiger partial charge in [-0.15, -0.1) is 0 Å². The van der Waals surface area contributed by atoms with E-state index < -0.39 is 5.97 Å². The van der Waals surface area contributed by atoms with Gasteiger partial charge < -0.3 is 10.1 Å². The zero-order valence-electron chi connectivity index (χ0n) is 9.90. The Kier molecular flexibility index (Phi) is 3.08. The van der Waals surface area contributed by atoms with E-state index in [1.165, 1.54) is 6.33 Å². The molecule has 2 aromatic rings. The predicted octanol–water partition coefficient (Wildman–Crippen LogP) is 2.10. The quantitative estimate of drug-likeness (QED) is 0.847. The largest absolute Gasteiger partial charge is 0.481 e. The van der Waals surface area contributed by atoms with Gasteiger partial charge in [-0.1, -0.05) is 13.8 Å². The molecule has 0 unspecified atom stereocenters. The number of aromatic amines is 1. The highest BCUT2D eigenvalue weighted by Crippen LogP contribution is 2.25. The van der Waals surface area contributed by atoms with Crippen LogP contribution in [-0.2, 0) is 11.2 Å². The zero-order chi connectivity index (χ0) is 12.4. The summed E-state index contributed by atoms with van der Waals surface area (Å²) in [7, 11) is 0. The average Bonchev–Trinajstić information content (AvgIpc) is 2.69. The van der Waals surface area contributed by atoms with E-state index in [-0.39, 0.29) is 6.42 Å². The molecule has 2 aromatic heterocycles. The number of hydrogen-bond acceptors (Lipinski definition) is 3. The number of nitrogens with zero attached hydrogens (tertiary/aromatic N) is 2. The molecular formula is C12H15N3O2. The van der Waals surface area contributed by atoms with E-state index >= 15 is 0 Å². The highest BCUT2D eigenvalue weighted by atomic mass is 16.4. The number of carboxylic acid groups (broad SMARTS) is 1. The maximum Gasteiger partial charge on any atom is 0.303 e. The van der Waals surface area contributed by atoms with Gasteiger partial charge in [0.05, 0.1) is 5.69 Å². The van der Waals surface area contributed by atoms with Crippen molar-refractivity contribution in [2.45, 2.75) is 32.6 Å². The summed E-state index contributed by atoms with van der Waals surface area (Å²) in [4.78, 5) is 22.1. The molecule has 90 valence electrons. The normalized spacial score (nSPS) is 11.2. The molecular weight excluding hydrogens is 218 g/mol. The third-order valence-electron chi connectivity index (χ3n) is 2.74. The monoisotopic (exact) mass is 233 g/mol. The number of rotatable bonds is 4. The zero-order valence-corrected chi connectivity index (χ0v) is 9.90. The number of aliphatic carboxylic acids is 1. The molecule has 5 nitrogen and oxygen atoms in total. The maximum absolute atomic E-state index is 10.6. The van der Waals surface area contributed by atoms with E-state index in [1.807, 2.05) is 6.20 Å². The number of hydrogen-bond donors (Lipinski definition) is 2. The Labute approximate surface area is 98.9 Å². The third kappa shape index (κ3) is 2.27. The van der Waals surface area contributed by atoms with Gasteiger partial charge in [0.2, 0.25) is 0 Å². The first kappa shape index (κ1) is 11.6. The minimum Gasteiger partial charge on any atom is -0.481 e. The van der Waals surface area contributed by atoms with Crippen LogP contribution in [0, 0.1) is 0 Å². The summed E-state index contributed by atoms with van der Waals surface area (Å²) >= 11 is 0. The van der Waals surface area contributed by atoms with Crippen molar-refractivity contribution in [3.8, 4) is 0 Å². The van der Waals surface area contributed by atoms with Gasteiger partial charge in [-0.05, 0) is 17.9 Å². The molecule has 0 saturated carbocycles. The Balaban J connectivity index is 2.46. The smallest absolute Gasteiger partial charge is 0.303 e. The van der Waals surface area contributed by atoms with Gasteiger partial charge >= 0.3 is 5.97 Å². The number of nitrogens with one attached hydrogen (secondary N) is 1. The van der Waals surface area contributed by atoms with Crippen LogP contribution >= 0.6 is 0 Å². The summed E-state index contributed by atoms with van der Waals surface area (Å²) in [6.07, 6.45) is 3.99. The Bertz CT molecular complexity index is 546. The van der Waals surface area contributed by atoms with Crippen LogP contribution in [0.2, 0.25) is 0 Å². The molecule has 2 N–H and O–H groups in total. The molecule has 5 heteroatoms. The Morgan fingerprint density at radius 3 is 2.88 bits per heavy atom. The lowest BCUT2D eigenvalue weighted by atomic mass is 10.0. The summed E-state index contributed by atoms with van der Waals surface area (Å²) in [6, 6.07) is 0. The summed E-state index contributed by atoms with van der Waals surface area (Å²) in [5.74, 6) is -0.498. The van der Waals surface area contributed by atoms with Crippen LogP contribution in [0.3, 0.4) is 0 Å². The van der Waals surface area contributed by atoms with Gasteiger partial charge in [0.1, 0.15) is 12.0 Å². The second kappa shape index (κ2) is 4.53. The van der Waals surface area contributed by atoms with Gasteiger partial charge in [-0.2, -0.15) is 0 Å². The number of aryl methyl sites for hydroxylation is 1. The molecule has 0 fully saturated rings. The molecule has 0 aliphatic heterocycles. The van der Waals surface area contributed by atoms with Crippen molar-refractivity contribution in [2.24, 2.45) is 0 Å².